The zero-order chi connectivity index (χ0) is 7.84. The van der Waals surface area contributed by atoms with Crippen LogP contribution in [-0.4, -0.2) is 4.98 Å². The Kier molecular flexibility index (Phi) is 1.22. The third-order valence-electron chi connectivity index (χ3n) is 1.49. The van der Waals surface area contributed by atoms with Crippen molar-refractivity contribution < 1.29 is 0 Å². The summed E-state index contributed by atoms with van der Waals surface area (Å²) in [5, 5.41) is 2.94. The number of nitrogen functional groups attached to an aromatic ring is 2. The summed E-state index contributed by atoms with van der Waals surface area (Å²) in [5.74, 6) is 0.484. The number of fused-ring (bicyclic) bond motifs is 1. The van der Waals surface area contributed by atoms with E-state index in [1.54, 1.807) is 17.4 Å². The van der Waals surface area contributed by atoms with E-state index in [9.17, 15) is 0 Å². The van der Waals surface area contributed by atoms with Crippen molar-refractivity contribution in [3.8, 4) is 0 Å². The first kappa shape index (κ1) is 6.42. The molecular weight excluding hydrogens is 158 g/mol. The molecule has 3 nitrogen and oxygen atoms in total. The van der Waals surface area contributed by atoms with Crippen LogP contribution in [0, 0.1) is 0 Å². The molecule has 11 heavy (non-hydrogen) atoms. The van der Waals surface area contributed by atoms with Gasteiger partial charge in [0.2, 0.25) is 0 Å². The number of anilines is 2. The second-order valence-electron chi connectivity index (χ2n) is 2.28. The van der Waals surface area contributed by atoms with Crippen LogP contribution in [0.25, 0.3) is 10.2 Å². The maximum Gasteiger partial charge on any atom is 0.127 e. The van der Waals surface area contributed by atoms with E-state index in [0.717, 1.165) is 10.2 Å². The van der Waals surface area contributed by atoms with E-state index in [1.165, 1.54) is 0 Å². The highest BCUT2D eigenvalue weighted by atomic mass is 32.1. The summed E-state index contributed by atoms with van der Waals surface area (Å²) in [6, 6.07) is 3.62. The van der Waals surface area contributed by atoms with Gasteiger partial charge in [0, 0.05) is 17.1 Å². The average molecular weight is 165 g/mol. The van der Waals surface area contributed by atoms with Gasteiger partial charge in [-0.15, -0.1) is 11.3 Å². The van der Waals surface area contributed by atoms with Gasteiger partial charge in [-0.2, -0.15) is 0 Å². The van der Waals surface area contributed by atoms with Crippen molar-refractivity contribution in [3.63, 3.8) is 0 Å². The predicted octanol–water partition coefficient (Wildman–Crippen LogP) is 1.46. The molecule has 0 saturated heterocycles. The van der Waals surface area contributed by atoms with E-state index in [2.05, 4.69) is 4.98 Å². The van der Waals surface area contributed by atoms with Crippen molar-refractivity contribution in [2.45, 2.75) is 0 Å². The van der Waals surface area contributed by atoms with Gasteiger partial charge in [-0.1, -0.05) is 0 Å². The summed E-state index contributed by atoms with van der Waals surface area (Å²) in [7, 11) is 0. The van der Waals surface area contributed by atoms with Crippen molar-refractivity contribution in [1.29, 1.82) is 0 Å². The van der Waals surface area contributed by atoms with Crippen molar-refractivity contribution >= 4 is 33.1 Å². The average Bonchev–Trinajstić information content (AvgIpc) is 2.34. The van der Waals surface area contributed by atoms with E-state index in [4.69, 9.17) is 11.5 Å². The number of hydrogen-bond donors (Lipinski definition) is 2. The molecule has 0 aliphatic carbocycles. The Morgan fingerprint density at radius 3 is 3.00 bits per heavy atom. The molecule has 4 N–H and O–H groups in total. The molecule has 2 heterocycles. The second kappa shape index (κ2) is 2.10. The summed E-state index contributed by atoms with van der Waals surface area (Å²) >= 11 is 1.54. The molecular formula is C7H7N3S. The molecule has 56 valence electrons. The quantitative estimate of drug-likeness (QED) is 0.621. The van der Waals surface area contributed by atoms with Gasteiger partial charge in [0.1, 0.15) is 10.6 Å². The lowest BCUT2D eigenvalue weighted by Gasteiger charge is -1.96. The SMILES string of the molecule is Nc1cc(N)c2ccsc2n1. The van der Waals surface area contributed by atoms with E-state index in [-0.39, 0.29) is 0 Å². The smallest absolute Gasteiger partial charge is 0.127 e. The minimum Gasteiger partial charge on any atom is -0.398 e. The van der Waals surface area contributed by atoms with Crippen LogP contribution in [0.4, 0.5) is 11.5 Å². The zero-order valence-corrected chi connectivity index (χ0v) is 6.56. The molecule has 0 amide bonds. The van der Waals surface area contributed by atoms with Crippen molar-refractivity contribution in [2.75, 3.05) is 11.5 Å². The Balaban J connectivity index is 2.91. The Morgan fingerprint density at radius 2 is 2.18 bits per heavy atom. The number of pyridine rings is 1. The summed E-state index contributed by atoms with van der Waals surface area (Å²) in [6.45, 7) is 0. The largest absolute Gasteiger partial charge is 0.398 e. The second-order valence-corrected chi connectivity index (χ2v) is 3.17. The van der Waals surface area contributed by atoms with Gasteiger partial charge < -0.3 is 11.5 Å². The van der Waals surface area contributed by atoms with Gasteiger partial charge in [-0.3, -0.25) is 0 Å². The lowest BCUT2D eigenvalue weighted by molar-refractivity contribution is 1.45. The molecule has 0 aromatic carbocycles. The van der Waals surface area contributed by atoms with Crippen molar-refractivity contribution in [2.24, 2.45) is 0 Å². The summed E-state index contributed by atoms with van der Waals surface area (Å²) in [4.78, 5) is 5.02. The van der Waals surface area contributed by atoms with Crippen molar-refractivity contribution in [1.82, 2.24) is 4.98 Å². The van der Waals surface area contributed by atoms with Gasteiger partial charge in [-0.25, -0.2) is 4.98 Å². The number of hydrogen-bond acceptors (Lipinski definition) is 4. The minimum atomic E-state index is 0.484. The Labute approximate surface area is 67.7 Å². The lowest BCUT2D eigenvalue weighted by atomic mass is 10.3. The molecule has 0 atom stereocenters. The van der Waals surface area contributed by atoms with Gasteiger partial charge >= 0.3 is 0 Å². The fourth-order valence-electron chi connectivity index (χ4n) is 0.994. The fraction of sp³-hybridized carbons (Fsp3) is 0. The number of thiophene rings is 1. The number of nitrogens with two attached hydrogens (primary N) is 2. The van der Waals surface area contributed by atoms with Crippen LogP contribution in [0.1, 0.15) is 0 Å². The standard InChI is InChI=1S/C7H7N3S/c8-5-3-6(9)10-7-4(5)1-2-11-7/h1-3H,(H4,8,9,10). The van der Waals surface area contributed by atoms with Crippen molar-refractivity contribution in [3.05, 3.63) is 17.5 Å². The Morgan fingerprint density at radius 1 is 1.36 bits per heavy atom. The Bertz CT molecular complexity index is 393. The topological polar surface area (TPSA) is 64.9 Å². The van der Waals surface area contributed by atoms with Crippen LogP contribution in [0.15, 0.2) is 17.5 Å². The van der Waals surface area contributed by atoms with Gasteiger partial charge in [-0.05, 0) is 11.4 Å². The molecule has 0 radical (unpaired) electrons. The molecule has 4 heteroatoms. The van der Waals surface area contributed by atoms with Crippen LogP contribution in [0.2, 0.25) is 0 Å². The molecule has 2 rings (SSSR count). The molecule has 2 aromatic heterocycles. The zero-order valence-electron chi connectivity index (χ0n) is 5.74. The van der Waals surface area contributed by atoms with Crippen LogP contribution in [-0.2, 0) is 0 Å². The third-order valence-corrected chi connectivity index (χ3v) is 2.30. The molecule has 0 aliphatic rings. The first-order valence-corrected chi connectivity index (χ1v) is 4.04. The van der Waals surface area contributed by atoms with E-state index in [1.807, 2.05) is 11.4 Å². The van der Waals surface area contributed by atoms with Crippen LogP contribution in [0.3, 0.4) is 0 Å². The normalized spacial score (nSPS) is 10.5. The molecule has 0 unspecified atom stereocenters. The molecule has 0 spiro atoms. The van der Waals surface area contributed by atoms with Gasteiger partial charge in [0.25, 0.3) is 0 Å². The molecule has 2 aromatic rings. The van der Waals surface area contributed by atoms with E-state index < -0.39 is 0 Å². The maximum absolute atomic E-state index is 5.69. The van der Waals surface area contributed by atoms with E-state index >= 15 is 0 Å². The monoisotopic (exact) mass is 165 g/mol. The number of nitrogens with zero attached hydrogens (tertiary/aromatic N) is 1. The Hall–Kier alpha value is -1.29. The van der Waals surface area contributed by atoms with E-state index in [0.29, 0.717) is 11.5 Å². The van der Waals surface area contributed by atoms with Gasteiger partial charge in [0.15, 0.2) is 0 Å². The number of rotatable bonds is 0. The van der Waals surface area contributed by atoms with Crippen LogP contribution in [0.5, 0.6) is 0 Å². The minimum absolute atomic E-state index is 0.484. The molecule has 0 aliphatic heterocycles. The van der Waals surface area contributed by atoms with Gasteiger partial charge in [0.05, 0.1) is 0 Å². The molecule has 0 saturated carbocycles. The summed E-state index contributed by atoms with van der Waals surface area (Å²) in [6.07, 6.45) is 0. The highest BCUT2D eigenvalue weighted by molar-refractivity contribution is 7.16. The third kappa shape index (κ3) is 0.914. The highest BCUT2D eigenvalue weighted by Gasteiger charge is 2.00. The summed E-state index contributed by atoms with van der Waals surface area (Å²) < 4.78 is 0. The van der Waals surface area contributed by atoms with Crippen LogP contribution < -0.4 is 11.5 Å². The first-order valence-electron chi connectivity index (χ1n) is 3.16. The first-order chi connectivity index (χ1) is 5.27. The fourth-order valence-corrected chi connectivity index (χ4v) is 1.80. The molecule has 0 fully saturated rings. The number of aromatic nitrogens is 1. The lowest BCUT2D eigenvalue weighted by Crippen LogP contribution is -1.92. The van der Waals surface area contributed by atoms with Crippen LogP contribution >= 0.6 is 11.3 Å². The summed E-state index contributed by atoms with van der Waals surface area (Å²) in [5.41, 5.74) is 11.9. The predicted molar refractivity (Wildman–Crippen MR) is 48.4 cm³/mol. The maximum atomic E-state index is 5.69. The molecule has 0 bridgehead atoms. The highest BCUT2D eigenvalue weighted by Crippen LogP contribution is 2.25.